The van der Waals surface area contributed by atoms with Crippen LogP contribution in [0, 0.1) is 0 Å². The van der Waals surface area contributed by atoms with E-state index in [0.717, 1.165) is 50.0 Å². The van der Waals surface area contributed by atoms with Gasteiger partial charge in [0, 0.05) is 49.2 Å². The second-order valence-electron chi connectivity index (χ2n) is 5.18. The lowest BCUT2D eigenvalue weighted by atomic mass is 10.1. The molecule has 1 aromatic carbocycles. The van der Waals surface area contributed by atoms with Crippen LogP contribution in [0.15, 0.2) is 12.1 Å². The minimum atomic E-state index is 0.565. The van der Waals surface area contributed by atoms with E-state index in [-0.39, 0.29) is 0 Å². The van der Waals surface area contributed by atoms with E-state index in [2.05, 4.69) is 23.2 Å². The normalized spacial score (nSPS) is 23.8. The number of benzene rings is 1. The first kappa shape index (κ1) is 12.3. The smallest absolute Gasteiger partial charge is 0.127 e. The number of nitrogens with zero attached hydrogens (tertiary/aromatic N) is 1. The lowest BCUT2D eigenvalue weighted by Crippen LogP contribution is -2.49. The molecule has 2 aliphatic rings. The number of hydrogen-bond donors (Lipinski definition) is 1. The van der Waals surface area contributed by atoms with Crippen LogP contribution in [0.5, 0.6) is 5.75 Å². The van der Waals surface area contributed by atoms with Gasteiger partial charge < -0.3 is 10.1 Å². The number of nitrogens with one attached hydrogen (secondary N) is 1. The summed E-state index contributed by atoms with van der Waals surface area (Å²) in [6, 6.07) is 4.66. The molecule has 1 fully saturated rings. The molecular weight excluding hydrogens is 248 g/mol. The fourth-order valence-electron chi connectivity index (χ4n) is 2.80. The predicted octanol–water partition coefficient (Wildman–Crippen LogP) is 2.07. The summed E-state index contributed by atoms with van der Waals surface area (Å²) < 4.78 is 5.76. The van der Waals surface area contributed by atoms with E-state index in [0.29, 0.717) is 6.04 Å². The summed E-state index contributed by atoms with van der Waals surface area (Å²) in [5.74, 6) is 1.07. The van der Waals surface area contributed by atoms with Gasteiger partial charge in [0.1, 0.15) is 5.75 Å². The van der Waals surface area contributed by atoms with Crippen LogP contribution < -0.4 is 10.1 Å². The third-order valence-corrected chi connectivity index (χ3v) is 4.06. The van der Waals surface area contributed by atoms with Gasteiger partial charge in [-0.1, -0.05) is 11.6 Å². The number of hydrogen-bond acceptors (Lipinski definition) is 3. The maximum atomic E-state index is 6.20. The Kier molecular flexibility index (Phi) is 3.46. The van der Waals surface area contributed by atoms with Gasteiger partial charge in [0.05, 0.1) is 6.61 Å². The Hall–Kier alpha value is -0.770. The average molecular weight is 267 g/mol. The van der Waals surface area contributed by atoms with Crippen LogP contribution in [0.4, 0.5) is 0 Å². The Morgan fingerprint density at radius 2 is 2.39 bits per heavy atom. The van der Waals surface area contributed by atoms with E-state index >= 15 is 0 Å². The summed E-state index contributed by atoms with van der Waals surface area (Å²) in [6.07, 6.45) is 0.986. The molecule has 1 N–H and O–H groups in total. The SMILES string of the molecule is C[C@@H]1CNCCN1Cc1cc(Cl)cc2c1OCC2. The summed E-state index contributed by atoms with van der Waals surface area (Å²) in [5, 5.41) is 4.25. The number of rotatable bonds is 2. The Labute approximate surface area is 113 Å². The number of piperazine rings is 1. The van der Waals surface area contributed by atoms with Crippen molar-refractivity contribution < 1.29 is 4.74 Å². The second kappa shape index (κ2) is 5.08. The molecule has 0 unspecified atom stereocenters. The molecule has 0 amide bonds. The van der Waals surface area contributed by atoms with Crippen LogP contribution in [-0.2, 0) is 13.0 Å². The van der Waals surface area contributed by atoms with E-state index in [1.54, 1.807) is 0 Å². The fraction of sp³-hybridized carbons (Fsp3) is 0.571. The van der Waals surface area contributed by atoms with Crippen molar-refractivity contribution in [2.45, 2.75) is 25.9 Å². The highest BCUT2D eigenvalue weighted by molar-refractivity contribution is 6.30. The first-order valence-corrected chi connectivity index (χ1v) is 7.00. The molecule has 0 bridgehead atoms. The largest absolute Gasteiger partial charge is 0.493 e. The topological polar surface area (TPSA) is 24.5 Å². The average Bonchev–Trinajstić information content (AvgIpc) is 2.80. The minimum absolute atomic E-state index is 0.565. The molecular formula is C14H19ClN2O. The Balaban J connectivity index is 1.84. The van der Waals surface area contributed by atoms with Crippen LogP contribution in [-0.4, -0.2) is 37.2 Å². The van der Waals surface area contributed by atoms with Gasteiger partial charge in [0.25, 0.3) is 0 Å². The second-order valence-corrected chi connectivity index (χ2v) is 5.61. The van der Waals surface area contributed by atoms with Crippen molar-refractivity contribution in [1.29, 1.82) is 0 Å². The first-order valence-electron chi connectivity index (χ1n) is 6.63. The summed E-state index contributed by atoms with van der Waals surface area (Å²) in [6.45, 7) is 7.20. The summed E-state index contributed by atoms with van der Waals surface area (Å²) in [4.78, 5) is 2.49. The van der Waals surface area contributed by atoms with Gasteiger partial charge in [-0.2, -0.15) is 0 Å². The van der Waals surface area contributed by atoms with E-state index in [1.807, 2.05) is 6.07 Å². The zero-order valence-electron chi connectivity index (χ0n) is 10.7. The standard InChI is InChI=1S/C14H19ClN2O/c1-10-8-16-3-4-17(10)9-12-7-13(15)6-11-2-5-18-14(11)12/h6-7,10,16H,2-5,8-9H2,1H3/t10-/m1/s1. The molecule has 3 rings (SSSR count). The fourth-order valence-corrected chi connectivity index (χ4v) is 3.06. The van der Waals surface area contributed by atoms with Crippen LogP contribution in [0.25, 0.3) is 0 Å². The van der Waals surface area contributed by atoms with Crippen molar-refractivity contribution in [1.82, 2.24) is 10.2 Å². The molecule has 0 aliphatic carbocycles. The zero-order valence-corrected chi connectivity index (χ0v) is 11.5. The highest BCUT2D eigenvalue weighted by atomic mass is 35.5. The molecule has 18 heavy (non-hydrogen) atoms. The van der Waals surface area contributed by atoms with E-state index in [9.17, 15) is 0 Å². The third kappa shape index (κ3) is 2.35. The molecule has 1 atom stereocenters. The Morgan fingerprint density at radius 3 is 3.22 bits per heavy atom. The van der Waals surface area contributed by atoms with Gasteiger partial charge in [-0.15, -0.1) is 0 Å². The lowest BCUT2D eigenvalue weighted by molar-refractivity contribution is 0.164. The van der Waals surface area contributed by atoms with E-state index < -0.39 is 0 Å². The molecule has 1 aromatic rings. The lowest BCUT2D eigenvalue weighted by Gasteiger charge is -2.34. The van der Waals surface area contributed by atoms with Crippen LogP contribution in [0.3, 0.4) is 0 Å². The van der Waals surface area contributed by atoms with Gasteiger partial charge >= 0.3 is 0 Å². The number of halogens is 1. The van der Waals surface area contributed by atoms with Gasteiger partial charge in [0.15, 0.2) is 0 Å². The maximum Gasteiger partial charge on any atom is 0.127 e. The van der Waals surface area contributed by atoms with Crippen molar-refractivity contribution >= 4 is 11.6 Å². The van der Waals surface area contributed by atoms with Crippen LogP contribution in [0.1, 0.15) is 18.1 Å². The van der Waals surface area contributed by atoms with Crippen molar-refractivity contribution in [3.63, 3.8) is 0 Å². The number of fused-ring (bicyclic) bond motifs is 1. The van der Waals surface area contributed by atoms with Crippen LogP contribution in [0.2, 0.25) is 5.02 Å². The molecule has 3 nitrogen and oxygen atoms in total. The molecule has 0 aromatic heterocycles. The Morgan fingerprint density at radius 1 is 1.50 bits per heavy atom. The Bertz CT molecular complexity index is 450. The molecule has 0 spiro atoms. The molecule has 2 aliphatic heterocycles. The first-order chi connectivity index (χ1) is 8.74. The maximum absolute atomic E-state index is 6.20. The summed E-state index contributed by atoms with van der Waals surface area (Å²) >= 11 is 6.20. The molecule has 0 saturated carbocycles. The van der Waals surface area contributed by atoms with Crippen molar-refractivity contribution in [3.8, 4) is 5.75 Å². The van der Waals surface area contributed by atoms with Crippen molar-refractivity contribution in [2.24, 2.45) is 0 Å². The summed E-state index contributed by atoms with van der Waals surface area (Å²) in [7, 11) is 0. The molecule has 1 saturated heterocycles. The van der Waals surface area contributed by atoms with E-state index in [1.165, 1.54) is 11.1 Å². The molecule has 0 radical (unpaired) electrons. The monoisotopic (exact) mass is 266 g/mol. The third-order valence-electron chi connectivity index (χ3n) is 3.84. The minimum Gasteiger partial charge on any atom is -0.493 e. The quantitative estimate of drug-likeness (QED) is 0.887. The van der Waals surface area contributed by atoms with Gasteiger partial charge in [-0.25, -0.2) is 0 Å². The summed E-state index contributed by atoms with van der Waals surface area (Å²) in [5.41, 5.74) is 2.50. The number of ether oxygens (including phenoxy) is 1. The molecule has 98 valence electrons. The van der Waals surface area contributed by atoms with Crippen LogP contribution >= 0.6 is 11.6 Å². The highest BCUT2D eigenvalue weighted by Gasteiger charge is 2.22. The van der Waals surface area contributed by atoms with Crippen molar-refractivity contribution in [3.05, 3.63) is 28.3 Å². The molecule has 4 heteroatoms. The van der Waals surface area contributed by atoms with Crippen molar-refractivity contribution in [2.75, 3.05) is 26.2 Å². The van der Waals surface area contributed by atoms with E-state index in [4.69, 9.17) is 16.3 Å². The van der Waals surface area contributed by atoms with Gasteiger partial charge in [-0.3, -0.25) is 4.90 Å². The highest BCUT2D eigenvalue weighted by Crippen LogP contribution is 2.33. The predicted molar refractivity (Wildman–Crippen MR) is 73.4 cm³/mol. The molecule has 2 heterocycles. The van der Waals surface area contributed by atoms with Gasteiger partial charge in [-0.05, 0) is 24.6 Å². The van der Waals surface area contributed by atoms with Gasteiger partial charge in [0.2, 0.25) is 0 Å². The zero-order chi connectivity index (χ0) is 12.5.